The second kappa shape index (κ2) is 7.22. The first-order valence-electron chi connectivity index (χ1n) is 6.84. The van der Waals surface area contributed by atoms with Gasteiger partial charge in [-0.3, -0.25) is 0 Å². The van der Waals surface area contributed by atoms with Crippen LogP contribution >= 0.6 is 11.3 Å². The lowest BCUT2D eigenvalue weighted by Crippen LogP contribution is -2.22. The van der Waals surface area contributed by atoms with Crippen LogP contribution < -0.4 is 10.0 Å². The van der Waals surface area contributed by atoms with Crippen molar-refractivity contribution in [3.63, 3.8) is 0 Å². The molecule has 0 aliphatic heterocycles. The molecule has 21 heavy (non-hydrogen) atoms. The lowest BCUT2D eigenvalue weighted by atomic mass is 10.3. The molecule has 5 nitrogen and oxygen atoms in total. The lowest BCUT2D eigenvalue weighted by molar-refractivity contribution is 0.475. The van der Waals surface area contributed by atoms with Crippen LogP contribution in [-0.2, 0) is 23.1 Å². The van der Waals surface area contributed by atoms with Crippen molar-refractivity contribution in [3.8, 4) is 0 Å². The minimum atomic E-state index is -3.48. The zero-order valence-electron chi connectivity index (χ0n) is 12.2. The van der Waals surface area contributed by atoms with Gasteiger partial charge in [0.05, 0.1) is 6.54 Å². The van der Waals surface area contributed by atoms with Gasteiger partial charge in [-0.2, -0.15) is 0 Å². The predicted octanol–water partition coefficient (Wildman–Crippen LogP) is 2.63. The molecule has 0 aliphatic rings. The minimum Gasteiger partial charge on any atom is -0.465 e. The van der Waals surface area contributed by atoms with E-state index >= 15 is 0 Å². The van der Waals surface area contributed by atoms with Crippen molar-refractivity contribution in [2.45, 2.75) is 37.6 Å². The number of rotatable bonds is 8. The van der Waals surface area contributed by atoms with Crippen LogP contribution in [0.1, 0.15) is 30.4 Å². The standard InChI is InChI=1S/C14H20N2O3S2/c1-3-6-15-8-12-7-14(20-10-12)21(17,18)16-9-13-5-4-11(2)19-13/h4-5,7,10,15-16H,3,6,8-9H2,1-2H3. The molecule has 0 unspecified atom stereocenters. The van der Waals surface area contributed by atoms with Crippen LogP contribution in [-0.4, -0.2) is 15.0 Å². The van der Waals surface area contributed by atoms with Gasteiger partial charge in [-0.15, -0.1) is 11.3 Å². The highest BCUT2D eigenvalue weighted by molar-refractivity contribution is 7.91. The van der Waals surface area contributed by atoms with E-state index in [4.69, 9.17) is 4.42 Å². The summed E-state index contributed by atoms with van der Waals surface area (Å²) >= 11 is 1.23. The molecule has 2 N–H and O–H groups in total. The fourth-order valence-corrected chi connectivity index (χ4v) is 4.06. The van der Waals surface area contributed by atoms with E-state index in [9.17, 15) is 8.42 Å². The summed E-state index contributed by atoms with van der Waals surface area (Å²) in [6, 6.07) is 5.29. The van der Waals surface area contributed by atoms with Crippen LogP contribution in [0.5, 0.6) is 0 Å². The topological polar surface area (TPSA) is 71.3 Å². The largest absolute Gasteiger partial charge is 0.465 e. The summed E-state index contributed by atoms with van der Waals surface area (Å²) < 4.78 is 32.6. The smallest absolute Gasteiger partial charge is 0.250 e. The summed E-state index contributed by atoms with van der Waals surface area (Å²) in [6.45, 7) is 5.70. The van der Waals surface area contributed by atoms with Gasteiger partial charge in [0.2, 0.25) is 10.0 Å². The Hall–Kier alpha value is -1.15. The number of furan rings is 1. The Balaban J connectivity index is 1.95. The Kier molecular flexibility index (Phi) is 5.58. The van der Waals surface area contributed by atoms with Gasteiger partial charge < -0.3 is 9.73 Å². The lowest BCUT2D eigenvalue weighted by Gasteiger charge is -2.02. The van der Waals surface area contributed by atoms with E-state index in [0.29, 0.717) is 16.5 Å². The third-order valence-corrected chi connectivity index (χ3v) is 5.77. The molecule has 0 spiro atoms. The van der Waals surface area contributed by atoms with Crippen molar-refractivity contribution in [2.75, 3.05) is 6.54 Å². The van der Waals surface area contributed by atoms with Crippen LogP contribution in [0.25, 0.3) is 0 Å². The third-order valence-electron chi connectivity index (χ3n) is 2.88. The molecule has 0 aromatic carbocycles. The molecule has 0 saturated heterocycles. The van der Waals surface area contributed by atoms with Crippen molar-refractivity contribution >= 4 is 21.4 Å². The summed E-state index contributed by atoms with van der Waals surface area (Å²) in [4.78, 5) is 0. The predicted molar refractivity (Wildman–Crippen MR) is 83.8 cm³/mol. The van der Waals surface area contributed by atoms with Gasteiger partial charge >= 0.3 is 0 Å². The van der Waals surface area contributed by atoms with E-state index in [-0.39, 0.29) is 6.54 Å². The monoisotopic (exact) mass is 328 g/mol. The van der Waals surface area contributed by atoms with Gasteiger partial charge in [-0.25, -0.2) is 13.1 Å². The van der Waals surface area contributed by atoms with Crippen molar-refractivity contribution in [1.82, 2.24) is 10.0 Å². The fraction of sp³-hybridized carbons (Fsp3) is 0.429. The first-order valence-corrected chi connectivity index (χ1v) is 9.20. The van der Waals surface area contributed by atoms with E-state index < -0.39 is 10.0 Å². The van der Waals surface area contributed by atoms with Crippen LogP contribution in [0.4, 0.5) is 0 Å². The molecule has 0 fully saturated rings. The number of hydrogen-bond acceptors (Lipinski definition) is 5. The molecule has 0 saturated carbocycles. The molecule has 116 valence electrons. The minimum absolute atomic E-state index is 0.164. The quantitative estimate of drug-likeness (QED) is 0.731. The van der Waals surface area contributed by atoms with E-state index in [2.05, 4.69) is 17.0 Å². The number of hydrogen-bond donors (Lipinski definition) is 2. The average Bonchev–Trinajstić information content (AvgIpc) is 3.06. The maximum Gasteiger partial charge on any atom is 0.250 e. The summed E-state index contributed by atoms with van der Waals surface area (Å²) in [7, 11) is -3.48. The molecule has 7 heteroatoms. The van der Waals surface area contributed by atoms with Crippen molar-refractivity contribution in [1.29, 1.82) is 0 Å². The Labute approximate surface area is 129 Å². The van der Waals surface area contributed by atoms with Gasteiger partial charge in [-0.05, 0) is 49.0 Å². The van der Waals surface area contributed by atoms with Gasteiger partial charge in [0, 0.05) is 6.54 Å². The van der Waals surface area contributed by atoms with E-state index in [1.54, 1.807) is 12.1 Å². The van der Waals surface area contributed by atoms with Gasteiger partial charge in [0.25, 0.3) is 0 Å². The molecule has 2 aromatic rings. The zero-order valence-corrected chi connectivity index (χ0v) is 13.8. The highest BCUT2D eigenvalue weighted by Crippen LogP contribution is 2.20. The molecular formula is C14H20N2O3S2. The molecule has 0 aliphatic carbocycles. The second-order valence-electron chi connectivity index (χ2n) is 4.79. The number of sulfonamides is 1. The average molecular weight is 328 g/mol. The fourth-order valence-electron chi connectivity index (χ4n) is 1.81. The summed E-state index contributed by atoms with van der Waals surface area (Å²) in [5.74, 6) is 1.38. The van der Waals surface area contributed by atoms with Gasteiger partial charge in [0.1, 0.15) is 15.7 Å². The van der Waals surface area contributed by atoms with Crippen molar-refractivity contribution in [3.05, 3.63) is 40.7 Å². The second-order valence-corrected chi connectivity index (χ2v) is 7.69. The van der Waals surface area contributed by atoms with Gasteiger partial charge in [0.15, 0.2) is 0 Å². The number of thiophene rings is 1. The zero-order chi connectivity index (χ0) is 15.3. The first-order chi connectivity index (χ1) is 10.0. The number of aryl methyl sites for hydroxylation is 1. The summed E-state index contributed by atoms with van der Waals surface area (Å²) in [5.41, 5.74) is 0.989. The SMILES string of the molecule is CCCNCc1csc(S(=O)(=O)NCc2ccc(C)o2)c1. The van der Waals surface area contributed by atoms with E-state index in [1.807, 2.05) is 18.4 Å². The van der Waals surface area contributed by atoms with Gasteiger partial charge in [-0.1, -0.05) is 6.92 Å². The van der Waals surface area contributed by atoms with E-state index in [1.165, 1.54) is 11.3 Å². The summed E-state index contributed by atoms with van der Waals surface area (Å²) in [6.07, 6.45) is 1.05. The summed E-state index contributed by atoms with van der Waals surface area (Å²) in [5, 5.41) is 5.12. The van der Waals surface area contributed by atoms with Crippen LogP contribution in [0.2, 0.25) is 0 Å². The van der Waals surface area contributed by atoms with E-state index in [0.717, 1.165) is 24.3 Å². The highest BCUT2D eigenvalue weighted by Gasteiger charge is 2.17. The molecule has 0 amide bonds. The Morgan fingerprint density at radius 3 is 2.76 bits per heavy atom. The molecule has 2 rings (SSSR count). The van der Waals surface area contributed by atoms with Crippen LogP contribution in [0.3, 0.4) is 0 Å². The van der Waals surface area contributed by atoms with Crippen LogP contribution in [0, 0.1) is 6.92 Å². The highest BCUT2D eigenvalue weighted by atomic mass is 32.2. The molecule has 2 aromatic heterocycles. The van der Waals surface area contributed by atoms with Crippen molar-refractivity contribution in [2.24, 2.45) is 0 Å². The van der Waals surface area contributed by atoms with Crippen LogP contribution in [0.15, 0.2) is 32.2 Å². The Morgan fingerprint density at radius 2 is 2.10 bits per heavy atom. The maximum absolute atomic E-state index is 12.2. The molecule has 0 atom stereocenters. The molecule has 0 bridgehead atoms. The first kappa shape index (κ1) is 16.2. The maximum atomic E-state index is 12.2. The molecule has 0 radical (unpaired) electrons. The Bertz CT molecular complexity index is 674. The number of nitrogens with one attached hydrogen (secondary N) is 2. The third kappa shape index (κ3) is 4.67. The Morgan fingerprint density at radius 1 is 1.29 bits per heavy atom. The molecular weight excluding hydrogens is 308 g/mol. The van der Waals surface area contributed by atoms with Crippen molar-refractivity contribution < 1.29 is 12.8 Å². The molecule has 2 heterocycles. The normalized spacial score (nSPS) is 11.9.